The molecule has 0 fully saturated rings. The minimum Gasteiger partial charge on any atom is -0.384 e. The van der Waals surface area contributed by atoms with Gasteiger partial charge in [0.1, 0.15) is 11.6 Å². The minimum absolute atomic E-state index is 0.260. The number of hydrogen-bond donors (Lipinski definition) is 2. The summed E-state index contributed by atoms with van der Waals surface area (Å²) in [6, 6.07) is 3.60. The van der Waals surface area contributed by atoms with Gasteiger partial charge in [0, 0.05) is 19.0 Å². The van der Waals surface area contributed by atoms with E-state index in [1.165, 1.54) is 0 Å². The lowest BCUT2D eigenvalue weighted by Crippen LogP contribution is -2.11. The Kier molecular flexibility index (Phi) is 6.36. The van der Waals surface area contributed by atoms with Crippen molar-refractivity contribution in [3.63, 3.8) is 0 Å². The van der Waals surface area contributed by atoms with Crippen molar-refractivity contribution in [2.45, 2.75) is 39.0 Å². The number of nitrogen functional groups attached to an aromatic ring is 1. The van der Waals surface area contributed by atoms with E-state index in [2.05, 4.69) is 11.9 Å². The molecule has 0 bridgehead atoms. The molecule has 0 spiro atoms. The molecule has 0 aromatic carbocycles. The molecular formula is C14H23N3O. The highest BCUT2D eigenvalue weighted by Gasteiger charge is 2.09. The van der Waals surface area contributed by atoms with Crippen molar-refractivity contribution in [2.75, 3.05) is 12.3 Å². The van der Waals surface area contributed by atoms with Crippen LogP contribution in [0.3, 0.4) is 0 Å². The highest BCUT2D eigenvalue weighted by Crippen LogP contribution is 2.16. The summed E-state index contributed by atoms with van der Waals surface area (Å²) in [7, 11) is 0. The first-order valence-corrected chi connectivity index (χ1v) is 6.57. The fourth-order valence-electron chi connectivity index (χ4n) is 2.07. The van der Waals surface area contributed by atoms with Gasteiger partial charge in [0.05, 0.1) is 0 Å². The average molecular weight is 249 g/mol. The molecule has 1 aromatic heterocycles. The Morgan fingerprint density at radius 2 is 2.22 bits per heavy atom. The minimum atomic E-state index is 0.260. The van der Waals surface area contributed by atoms with Crippen molar-refractivity contribution in [2.24, 2.45) is 11.7 Å². The first kappa shape index (κ1) is 14.6. The molecule has 100 valence electrons. The number of aromatic nitrogens is 1. The van der Waals surface area contributed by atoms with Crippen LogP contribution < -0.4 is 11.5 Å². The zero-order chi connectivity index (χ0) is 13.4. The zero-order valence-corrected chi connectivity index (χ0v) is 11.1. The van der Waals surface area contributed by atoms with Crippen molar-refractivity contribution in [3.8, 4) is 0 Å². The van der Waals surface area contributed by atoms with Gasteiger partial charge >= 0.3 is 0 Å². The third-order valence-corrected chi connectivity index (χ3v) is 3.23. The van der Waals surface area contributed by atoms with Crippen LogP contribution in [0, 0.1) is 5.92 Å². The van der Waals surface area contributed by atoms with Crippen LogP contribution in [0.15, 0.2) is 18.3 Å². The summed E-state index contributed by atoms with van der Waals surface area (Å²) in [5.41, 5.74) is 12.1. The number of carbonyl (C=O) groups excluding carboxylic acids is 1. The van der Waals surface area contributed by atoms with Crippen LogP contribution >= 0.6 is 0 Å². The van der Waals surface area contributed by atoms with E-state index in [4.69, 9.17) is 11.5 Å². The molecule has 1 rings (SSSR count). The SMILES string of the molecule is CCC(CCN)CCC(=O)Cc1ccnc(N)c1. The van der Waals surface area contributed by atoms with Gasteiger partial charge in [-0.1, -0.05) is 13.3 Å². The van der Waals surface area contributed by atoms with Gasteiger partial charge in [0.25, 0.3) is 0 Å². The fraction of sp³-hybridized carbons (Fsp3) is 0.571. The normalized spacial score (nSPS) is 12.3. The second-order valence-corrected chi connectivity index (χ2v) is 4.69. The van der Waals surface area contributed by atoms with Crippen LogP contribution in [-0.4, -0.2) is 17.3 Å². The molecule has 1 atom stereocenters. The largest absolute Gasteiger partial charge is 0.384 e. The lowest BCUT2D eigenvalue weighted by molar-refractivity contribution is -0.118. The number of nitrogens with two attached hydrogens (primary N) is 2. The molecule has 0 aliphatic rings. The molecule has 4 N–H and O–H groups in total. The molecule has 4 heteroatoms. The number of carbonyl (C=O) groups is 1. The van der Waals surface area contributed by atoms with E-state index in [9.17, 15) is 4.79 Å². The Labute approximate surface area is 109 Å². The van der Waals surface area contributed by atoms with Crippen molar-refractivity contribution in [1.29, 1.82) is 0 Å². The molecule has 0 saturated carbocycles. The van der Waals surface area contributed by atoms with Crippen LogP contribution in [0.2, 0.25) is 0 Å². The fourth-order valence-corrected chi connectivity index (χ4v) is 2.07. The van der Waals surface area contributed by atoms with Crippen LogP contribution in [0.4, 0.5) is 5.82 Å². The maximum Gasteiger partial charge on any atom is 0.137 e. The van der Waals surface area contributed by atoms with Crippen LogP contribution in [0.1, 0.15) is 38.2 Å². The van der Waals surface area contributed by atoms with Gasteiger partial charge in [-0.3, -0.25) is 4.79 Å². The number of rotatable bonds is 8. The highest BCUT2D eigenvalue weighted by atomic mass is 16.1. The molecular weight excluding hydrogens is 226 g/mol. The van der Waals surface area contributed by atoms with Crippen molar-refractivity contribution in [1.82, 2.24) is 4.98 Å². The third-order valence-electron chi connectivity index (χ3n) is 3.23. The molecule has 4 nitrogen and oxygen atoms in total. The molecule has 0 saturated heterocycles. The van der Waals surface area contributed by atoms with Gasteiger partial charge in [0.15, 0.2) is 0 Å². The van der Waals surface area contributed by atoms with Gasteiger partial charge in [0.2, 0.25) is 0 Å². The van der Waals surface area contributed by atoms with Gasteiger partial charge in [-0.2, -0.15) is 0 Å². The Bertz CT molecular complexity index is 379. The van der Waals surface area contributed by atoms with Gasteiger partial charge in [-0.15, -0.1) is 0 Å². The standard InChI is InChI=1S/C14H23N3O/c1-2-11(5-7-15)3-4-13(18)9-12-6-8-17-14(16)10-12/h6,8,10-11H,2-5,7,9,15H2,1H3,(H2,16,17). The van der Waals surface area contributed by atoms with E-state index >= 15 is 0 Å². The molecule has 1 heterocycles. The molecule has 0 aliphatic heterocycles. The average Bonchev–Trinajstić information content (AvgIpc) is 2.34. The number of Topliss-reactive ketones (excluding diaryl/α,β-unsaturated/α-hetero) is 1. The van der Waals surface area contributed by atoms with E-state index < -0.39 is 0 Å². The zero-order valence-electron chi connectivity index (χ0n) is 11.1. The van der Waals surface area contributed by atoms with Gasteiger partial charge in [-0.25, -0.2) is 4.98 Å². The Morgan fingerprint density at radius 1 is 1.44 bits per heavy atom. The number of pyridine rings is 1. The van der Waals surface area contributed by atoms with E-state index in [1.54, 1.807) is 12.3 Å². The maximum atomic E-state index is 11.9. The lowest BCUT2D eigenvalue weighted by atomic mass is 9.94. The first-order chi connectivity index (χ1) is 8.65. The van der Waals surface area contributed by atoms with E-state index in [0.29, 0.717) is 31.1 Å². The monoisotopic (exact) mass is 249 g/mol. The second kappa shape index (κ2) is 7.82. The van der Waals surface area contributed by atoms with E-state index in [-0.39, 0.29) is 5.78 Å². The first-order valence-electron chi connectivity index (χ1n) is 6.57. The number of nitrogens with zero attached hydrogens (tertiary/aromatic N) is 1. The summed E-state index contributed by atoms with van der Waals surface area (Å²) in [4.78, 5) is 15.8. The molecule has 1 aromatic rings. The van der Waals surface area contributed by atoms with Crippen LogP contribution in [0.5, 0.6) is 0 Å². The number of ketones is 1. The Morgan fingerprint density at radius 3 is 2.83 bits per heavy atom. The molecule has 0 radical (unpaired) electrons. The summed E-state index contributed by atoms with van der Waals surface area (Å²) in [6.45, 7) is 2.85. The summed E-state index contributed by atoms with van der Waals surface area (Å²) >= 11 is 0. The summed E-state index contributed by atoms with van der Waals surface area (Å²) in [5.74, 6) is 1.30. The predicted octanol–water partition coefficient (Wildman–Crippen LogP) is 1.93. The van der Waals surface area contributed by atoms with Crippen LogP contribution in [-0.2, 0) is 11.2 Å². The molecule has 0 amide bonds. The Balaban J connectivity index is 2.37. The number of hydrogen-bond acceptors (Lipinski definition) is 4. The maximum absolute atomic E-state index is 11.9. The lowest BCUT2D eigenvalue weighted by Gasteiger charge is -2.12. The molecule has 18 heavy (non-hydrogen) atoms. The van der Waals surface area contributed by atoms with E-state index in [0.717, 1.165) is 24.8 Å². The third kappa shape index (κ3) is 5.27. The second-order valence-electron chi connectivity index (χ2n) is 4.69. The van der Waals surface area contributed by atoms with Gasteiger partial charge in [-0.05, 0) is 43.0 Å². The summed E-state index contributed by atoms with van der Waals surface area (Å²) in [6.07, 6.45) is 5.75. The van der Waals surface area contributed by atoms with Crippen molar-refractivity contribution in [3.05, 3.63) is 23.9 Å². The van der Waals surface area contributed by atoms with Crippen molar-refractivity contribution < 1.29 is 4.79 Å². The summed E-state index contributed by atoms with van der Waals surface area (Å²) in [5, 5.41) is 0. The smallest absolute Gasteiger partial charge is 0.137 e. The summed E-state index contributed by atoms with van der Waals surface area (Å²) < 4.78 is 0. The Hall–Kier alpha value is -1.42. The molecule has 0 aliphatic carbocycles. The highest BCUT2D eigenvalue weighted by molar-refractivity contribution is 5.80. The predicted molar refractivity (Wildman–Crippen MR) is 74.0 cm³/mol. The molecule has 1 unspecified atom stereocenters. The quantitative estimate of drug-likeness (QED) is 0.737. The van der Waals surface area contributed by atoms with E-state index in [1.807, 2.05) is 6.07 Å². The van der Waals surface area contributed by atoms with Crippen molar-refractivity contribution >= 4 is 11.6 Å². The number of anilines is 1. The van der Waals surface area contributed by atoms with Gasteiger partial charge < -0.3 is 11.5 Å². The topological polar surface area (TPSA) is 82.0 Å². The van der Waals surface area contributed by atoms with Crippen LogP contribution in [0.25, 0.3) is 0 Å².